The average molecular weight is 356 g/mol. The first kappa shape index (κ1) is 14.9. The number of hydrogen-bond acceptors (Lipinski definition) is 4. The smallest absolute Gasteiger partial charge is 0.184 e. The molecule has 0 unspecified atom stereocenters. The van der Waals surface area contributed by atoms with Gasteiger partial charge in [0.25, 0.3) is 0 Å². The third kappa shape index (κ3) is 3.13. The molecular formula is C14H14BrNO3S. The van der Waals surface area contributed by atoms with E-state index in [1.807, 2.05) is 0 Å². The maximum atomic E-state index is 12.5. The van der Waals surface area contributed by atoms with Crippen molar-refractivity contribution >= 4 is 31.5 Å². The number of sulfone groups is 1. The van der Waals surface area contributed by atoms with E-state index >= 15 is 0 Å². The summed E-state index contributed by atoms with van der Waals surface area (Å²) in [6, 6.07) is 11.7. The summed E-state index contributed by atoms with van der Waals surface area (Å²) in [6.45, 7) is 0. The summed E-state index contributed by atoms with van der Waals surface area (Å²) in [5.41, 5.74) is 6.58. The van der Waals surface area contributed by atoms with Gasteiger partial charge in [0.2, 0.25) is 0 Å². The van der Waals surface area contributed by atoms with Crippen LogP contribution in [0.2, 0.25) is 0 Å². The molecule has 0 aliphatic rings. The number of benzene rings is 2. The van der Waals surface area contributed by atoms with Crippen LogP contribution in [0.25, 0.3) is 0 Å². The highest BCUT2D eigenvalue weighted by Gasteiger charge is 2.20. The molecule has 0 spiro atoms. The fraction of sp³-hybridized carbons (Fsp3) is 0.143. The molecule has 0 saturated carbocycles. The number of nitrogen functional groups attached to an aromatic ring is 1. The topological polar surface area (TPSA) is 69.4 Å². The minimum absolute atomic E-state index is 0.141. The Morgan fingerprint density at radius 3 is 2.55 bits per heavy atom. The Hall–Kier alpha value is -1.53. The van der Waals surface area contributed by atoms with Crippen LogP contribution in [0.5, 0.6) is 5.75 Å². The first-order valence-electron chi connectivity index (χ1n) is 5.84. The maximum Gasteiger partial charge on any atom is 0.184 e. The quantitative estimate of drug-likeness (QED) is 0.855. The second-order valence-corrected chi connectivity index (χ2v) is 7.13. The lowest BCUT2D eigenvalue weighted by atomic mass is 10.2. The van der Waals surface area contributed by atoms with Crippen molar-refractivity contribution in [3.05, 3.63) is 52.5 Å². The SMILES string of the molecule is COc1ccc(Br)cc1CS(=O)(=O)c1ccccc1N. The predicted molar refractivity (Wildman–Crippen MR) is 82.4 cm³/mol. The number of rotatable bonds is 4. The van der Waals surface area contributed by atoms with Crippen molar-refractivity contribution in [3.63, 3.8) is 0 Å². The number of methoxy groups -OCH3 is 1. The highest BCUT2D eigenvalue weighted by Crippen LogP contribution is 2.28. The Morgan fingerprint density at radius 2 is 1.90 bits per heavy atom. The molecule has 0 heterocycles. The lowest BCUT2D eigenvalue weighted by molar-refractivity contribution is 0.411. The fourth-order valence-corrected chi connectivity index (χ4v) is 3.82. The second kappa shape index (κ2) is 5.85. The van der Waals surface area contributed by atoms with E-state index in [-0.39, 0.29) is 16.3 Å². The molecule has 2 N–H and O–H groups in total. The molecule has 2 rings (SSSR count). The molecule has 0 saturated heterocycles. The molecule has 2 aromatic rings. The Bertz CT molecular complexity index is 729. The van der Waals surface area contributed by atoms with Gasteiger partial charge in [0.05, 0.1) is 23.4 Å². The minimum Gasteiger partial charge on any atom is -0.496 e. The van der Waals surface area contributed by atoms with E-state index in [0.29, 0.717) is 11.3 Å². The molecule has 0 aliphatic carbocycles. The molecule has 0 bridgehead atoms. The number of hydrogen-bond donors (Lipinski definition) is 1. The number of ether oxygens (including phenoxy) is 1. The van der Waals surface area contributed by atoms with Gasteiger partial charge in [-0.2, -0.15) is 0 Å². The molecule has 0 fully saturated rings. The molecular weight excluding hydrogens is 342 g/mol. The largest absolute Gasteiger partial charge is 0.496 e. The van der Waals surface area contributed by atoms with Crippen LogP contribution in [0.1, 0.15) is 5.56 Å². The zero-order valence-corrected chi connectivity index (χ0v) is 13.2. The summed E-state index contributed by atoms with van der Waals surface area (Å²) in [5.74, 6) is 0.371. The van der Waals surface area contributed by atoms with Crippen molar-refractivity contribution in [3.8, 4) is 5.75 Å². The highest BCUT2D eigenvalue weighted by atomic mass is 79.9. The summed E-state index contributed by atoms with van der Waals surface area (Å²) in [6.07, 6.45) is 0. The molecule has 0 aromatic heterocycles. The van der Waals surface area contributed by atoms with Crippen molar-refractivity contribution in [2.45, 2.75) is 10.6 Å². The average Bonchev–Trinajstić information content (AvgIpc) is 2.39. The summed E-state index contributed by atoms with van der Waals surface area (Å²) in [4.78, 5) is 0.141. The van der Waals surface area contributed by atoms with Gasteiger partial charge in [-0.3, -0.25) is 0 Å². The third-order valence-corrected chi connectivity index (χ3v) is 5.07. The van der Waals surface area contributed by atoms with E-state index in [4.69, 9.17) is 10.5 Å². The Morgan fingerprint density at radius 1 is 1.20 bits per heavy atom. The molecule has 0 amide bonds. The molecule has 0 atom stereocenters. The van der Waals surface area contributed by atoms with Crippen LogP contribution in [0, 0.1) is 0 Å². The number of anilines is 1. The summed E-state index contributed by atoms with van der Waals surface area (Å²) < 4.78 is 30.9. The van der Waals surface area contributed by atoms with E-state index in [0.717, 1.165) is 4.47 Å². The third-order valence-electron chi connectivity index (χ3n) is 2.84. The number of para-hydroxylation sites is 1. The van der Waals surface area contributed by atoms with E-state index in [1.165, 1.54) is 13.2 Å². The van der Waals surface area contributed by atoms with E-state index in [1.54, 1.807) is 36.4 Å². The lowest BCUT2D eigenvalue weighted by Gasteiger charge is -2.11. The standard InChI is InChI=1S/C14H14BrNO3S/c1-19-13-7-6-11(15)8-10(13)9-20(17,18)14-5-3-2-4-12(14)16/h2-8H,9,16H2,1H3. The van der Waals surface area contributed by atoms with Crippen molar-refractivity contribution in [2.75, 3.05) is 12.8 Å². The monoisotopic (exact) mass is 355 g/mol. The second-order valence-electron chi connectivity index (χ2n) is 4.25. The van der Waals surface area contributed by atoms with Gasteiger partial charge in [0.1, 0.15) is 5.75 Å². The van der Waals surface area contributed by atoms with Gasteiger partial charge in [0.15, 0.2) is 9.84 Å². The lowest BCUT2D eigenvalue weighted by Crippen LogP contribution is -2.08. The van der Waals surface area contributed by atoms with Crippen LogP contribution < -0.4 is 10.5 Å². The molecule has 2 aromatic carbocycles. The van der Waals surface area contributed by atoms with Crippen molar-refractivity contribution in [2.24, 2.45) is 0 Å². The number of nitrogens with two attached hydrogens (primary N) is 1. The van der Waals surface area contributed by atoms with E-state index < -0.39 is 9.84 Å². The van der Waals surface area contributed by atoms with Gasteiger partial charge in [-0.15, -0.1) is 0 Å². The van der Waals surface area contributed by atoms with Gasteiger partial charge >= 0.3 is 0 Å². The number of halogens is 1. The van der Waals surface area contributed by atoms with Crippen LogP contribution in [0.15, 0.2) is 51.8 Å². The first-order valence-corrected chi connectivity index (χ1v) is 8.28. The normalized spacial score (nSPS) is 11.3. The van der Waals surface area contributed by atoms with Gasteiger partial charge in [-0.1, -0.05) is 28.1 Å². The Kier molecular flexibility index (Phi) is 4.35. The van der Waals surface area contributed by atoms with Gasteiger partial charge in [-0.25, -0.2) is 8.42 Å². The molecule has 106 valence electrons. The zero-order valence-electron chi connectivity index (χ0n) is 10.8. The van der Waals surface area contributed by atoms with Gasteiger partial charge in [-0.05, 0) is 30.3 Å². The minimum atomic E-state index is -3.52. The van der Waals surface area contributed by atoms with Crippen molar-refractivity contribution < 1.29 is 13.2 Å². The zero-order chi connectivity index (χ0) is 14.8. The highest BCUT2D eigenvalue weighted by molar-refractivity contribution is 9.10. The van der Waals surface area contributed by atoms with Crippen LogP contribution in [0.4, 0.5) is 5.69 Å². The van der Waals surface area contributed by atoms with Crippen LogP contribution in [-0.4, -0.2) is 15.5 Å². The molecule has 6 heteroatoms. The first-order chi connectivity index (χ1) is 9.44. The Labute approximate surface area is 126 Å². The van der Waals surface area contributed by atoms with Crippen LogP contribution in [-0.2, 0) is 15.6 Å². The molecule has 4 nitrogen and oxygen atoms in total. The van der Waals surface area contributed by atoms with Crippen molar-refractivity contribution in [1.29, 1.82) is 0 Å². The van der Waals surface area contributed by atoms with Gasteiger partial charge < -0.3 is 10.5 Å². The summed E-state index contributed by atoms with van der Waals surface area (Å²) in [7, 11) is -2.01. The van der Waals surface area contributed by atoms with Crippen molar-refractivity contribution in [1.82, 2.24) is 0 Å². The maximum absolute atomic E-state index is 12.5. The summed E-state index contributed by atoms with van der Waals surface area (Å²) >= 11 is 3.33. The van der Waals surface area contributed by atoms with E-state index in [2.05, 4.69) is 15.9 Å². The molecule has 20 heavy (non-hydrogen) atoms. The van der Waals surface area contributed by atoms with Gasteiger partial charge in [0, 0.05) is 10.0 Å². The summed E-state index contributed by atoms with van der Waals surface area (Å²) in [5, 5.41) is 0. The van der Waals surface area contributed by atoms with E-state index in [9.17, 15) is 8.42 Å². The Balaban J connectivity index is 2.44. The molecule has 0 radical (unpaired) electrons. The predicted octanol–water partition coefficient (Wildman–Crippen LogP) is 3.01. The fourth-order valence-electron chi connectivity index (χ4n) is 1.91. The molecule has 0 aliphatic heterocycles. The van der Waals surface area contributed by atoms with Crippen LogP contribution in [0.3, 0.4) is 0 Å². The van der Waals surface area contributed by atoms with Crippen LogP contribution >= 0.6 is 15.9 Å².